The van der Waals surface area contributed by atoms with Gasteiger partial charge in [-0.2, -0.15) is 13.2 Å². The number of hydrogen-bond donors (Lipinski definition) is 1. The number of thiazole rings is 1. The molecule has 1 N–H and O–H groups in total. The van der Waals surface area contributed by atoms with Gasteiger partial charge in [0.25, 0.3) is 0 Å². The van der Waals surface area contributed by atoms with Gasteiger partial charge in [0.2, 0.25) is 0 Å². The van der Waals surface area contributed by atoms with E-state index in [0.29, 0.717) is 19.5 Å². The first kappa shape index (κ1) is 14.4. The number of nitrogens with zero attached hydrogens (tertiary/aromatic N) is 1. The Morgan fingerprint density at radius 2 is 2.12 bits per heavy atom. The smallest absolute Gasteiger partial charge is 0.312 e. The van der Waals surface area contributed by atoms with E-state index in [0.717, 1.165) is 16.3 Å². The van der Waals surface area contributed by atoms with Crippen LogP contribution in [-0.4, -0.2) is 17.7 Å². The van der Waals surface area contributed by atoms with E-state index in [1.807, 2.05) is 13.1 Å². The highest BCUT2D eigenvalue weighted by atomic mass is 32.1. The van der Waals surface area contributed by atoms with E-state index >= 15 is 0 Å². The highest BCUT2D eigenvalue weighted by Gasteiger charge is 2.25. The zero-order chi connectivity index (χ0) is 12.7. The molecule has 1 aromatic rings. The van der Waals surface area contributed by atoms with Crippen LogP contribution in [0.5, 0.6) is 0 Å². The van der Waals surface area contributed by atoms with Gasteiger partial charge in [0.15, 0.2) is 0 Å². The molecule has 0 fully saturated rings. The maximum absolute atomic E-state index is 11.8. The van der Waals surface area contributed by atoms with Gasteiger partial charge in [0, 0.05) is 24.0 Å². The Balaban J connectivity index is 2.04. The normalized spacial score (nSPS) is 12.0. The van der Waals surface area contributed by atoms with Crippen molar-refractivity contribution in [2.45, 2.75) is 45.3 Å². The van der Waals surface area contributed by atoms with E-state index in [-0.39, 0.29) is 6.42 Å². The van der Waals surface area contributed by atoms with Gasteiger partial charge < -0.3 is 5.32 Å². The molecule has 2 nitrogen and oxygen atoms in total. The van der Waals surface area contributed by atoms with Crippen molar-refractivity contribution >= 4 is 11.3 Å². The van der Waals surface area contributed by atoms with Crippen molar-refractivity contribution in [2.75, 3.05) is 6.54 Å². The Labute approximate surface area is 103 Å². The molecule has 6 heteroatoms. The summed E-state index contributed by atoms with van der Waals surface area (Å²) < 4.78 is 35.5. The van der Waals surface area contributed by atoms with E-state index in [1.165, 1.54) is 0 Å². The topological polar surface area (TPSA) is 24.9 Å². The first-order valence-corrected chi connectivity index (χ1v) is 6.54. The second-order valence-electron chi connectivity index (χ2n) is 3.82. The van der Waals surface area contributed by atoms with Gasteiger partial charge in [-0.15, -0.1) is 11.3 Å². The van der Waals surface area contributed by atoms with Gasteiger partial charge in [-0.1, -0.05) is 6.92 Å². The van der Waals surface area contributed by atoms with Crippen LogP contribution >= 0.6 is 11.3 Å². The first-order chi connectivity index (χ1) is 8.01. The minimum absolute atomic E-state index is 0.194. The van der Waals surface area contributed by atoms with Crippen LogP contribution in [0.15, 0.2) is 6.20 Å². The van der Waals surface area contributed by atoms with E-state index in [9.17, 15) is 13.2 Å². The molecule has 1 rings (SSSR count). The second kappa shape index (κ2) is 6.96. The Morgan fingerprint density at radius 1 is 1.35 bits per heavy atom. The van der Waals surface area contributed by atoms with Gasteiger partial charge >= 0.3 is 6.18 Å². The molecule has 0 amide bonds. The van der Waals surface area contributed by atoms with Crippen LogP contribution in [0.25, 0.3) is 0 Å². The lowest BCUT2D eigenvalue weighted by Gasteiger charge is -2.06. The number of aromatic nitrogens is 1. The van der Waals surface area contributed by atoms with Crippen molar-refractivity contribution in [1.29, 1.82) is 0 Å². The average molecular weight is 266 g/mol. The molecule has 17 heavy (non-hydrogen) atoms. The van der Waals surface area contributed by atoms with Crippen LogP contribution in [0.1, 0.15) is 36.1 Å². The lowest BCUT2D eigenvalue weighted by atomic mass is 10.2. The van der Waals surface area contributed by atoms with Gasteiger partial charge in [0.05, 0.1) is 5.01 Å². The summed E-state index contributed by atoms with van der Waals surface area (Å²) in [6.45, 7) is 3.37. The molecule has 0 saturated heterocycles. The molecule has 0 aromatic carbocycles. The number of alkyl halides is 3. The van der Waals surface area contributed by atoms with Gasteiger partial charge in [-0.05, 0) is 25.8 Å². The Hall–Kier alpha value is -0.620. The quantitative estimate of drug-likeness (QED) is 0.764. The molecule has 0 aliphatic carbocycles. The van der Waals surface area contributed by atoms with Crippen LogP contribution < -0.4 is 5.32 Å². The summed E-state index contributed by atoms with van der Waals surface area (Å²) in [5.74, 6) is 0. The average Bonchev–Trinajstić information content (AvgIpc) is 2.69. The van der Waals surface area contributed by atoms with Crippen molar-refractivity contribution in [3.8, 4) is 0 Å². The monoisotopic (exact) mass is 266 g/mol. The third-order valence-electron chi connectivity index (χ3n) is 2.27. The fourth-order valence-electron chi connectivity index (χ4n) is 1.38. The molecule has 0 aliphatic rings. The number of nitrogens with one attached hydrogen (secondary N) is 1. The number of halogens is 3. The summed E-state index contributed by atoms with van der Waals surface area (Å²) in [5, 5.41) is 4.22. The largest absolute Gasteiger partial charge is 0.389 e. The van der Waals surface area contributed by atoms with Crippen molar-refractivity contribution in [1.82, 2.24) is 10.3 Å². The molecule has 0 spiro atoms. The zero-order valence-corrected chi connectivity index (χ0v) is 10.6. The molecular weight excluding hydrogens is 249 g/mol. The predicted octanol–water partition coefficient (Wildman–Crippen LogP) is 3.53. The fourth-order valence-corrected chi connectivity index (χ4v) is 2.21. The highest BCUT2D eigenvalue weighted by molar-refractivity contribution is 7.11. The van der Waals surface area contributed by atoms with Crippen LogP contribution in [0.2, 0.25) is 0 Å². The van der Waals surface area contributed by atoms with E-state index in [1.54, 1.807) is 11.3 Å². The fraction of sp³-hybridized carbons (Fsp3) is 0.727. The number of aryl methyl sites for hydroxylation is 1. The van der Waals surface area contributed by atoms with Crippen molar-refractivity contribution in [3.63, 3.8) is 0 Å². The minimum atomic E-state index is -4.02. The maximum Gasteiger partial charge on any atom is 0.389 e. The number of hydrogen-bond acceptors (Lipinski definition) is 3. The standard InChI is InChI=1S/C11H17F3N2S/c1-2-10-16-8-9(17-10)7-15-6-4-3-5-11(12,13)14/h8,15H,2-7H2,1H3. The van der Waals surface area contributed by atoms with Crippen LogP contribution in [-0.2, 0) is 13.0 Å². The van der Waals surface area contributed by atoms with Crippen LogP contribution in [0.4, 0.5) is 13.2 Å². The van der Waals surface area contributed by atoms with E-state index in [4.69, 9.17) is 0 Å². The minimum Gasteiger partial charge on any atom is -0.312 e. The summed E-state index contributed by atoms with van der Waals surface area (Å²) >= 11 is 1.65. The van der Waals surface area contributed by atoms with Crippen molar-refractivity contribution < 1.29 is 13.2 Å². The summed E-state index contributed by atoms with van der Waals surface area (Å²) in [6, 6.07) is 0. The number of unbranched alkanes of at least 4 members (excludes halogenated alkanes) is 1. The molecule has 1 heterocycles. The van der Waals surface area contributed by atoms with Gasteiger partial charge in [-0.25, -0.2) is 4.98 Å². The SMILES string of the molecule is CCc1ncc(CNCCCCC(F)(F)F)s1. The second-order valence-corrected chi connectivity index (χ2v) is 5.02. The molecule has 98 valence electrons. The van der Waals surface area contributed by atoms with E-state index < -0.39 is 12.6 Å². The Morgan fingerprint density at radius 3 is 2.71 bits per heavy atom. The maximum atomic E-state index is 11.8. The van der Waals surface area contributed by atoms with Crippen LogP contribution in [0.3, 0.4) is 0 Å². The third kappa shape index (κ3) is 6.63. The van der Waals surface area contributed by atoms with Gasteiger partial charge in [-0.3, -0.25) is 0 Å². The van der Waals surface area contributed by atoms with Crippen molar-refractivity contribution in [2.24, 2.45) is 0 Å². The molecule has 0 bridgehead atoms. The molecule has 1 aromatic heterocycles. The first-order valence-electron chi connectivity index (χ1n) is 5.72. The number of rotatable bonds is 7. The van der Waals surface area contributed by atoms with E-state index in [2.05, 4.69) is 10.3 Å². The Bertz CT molecular complexity index is 323. The highest BCUT2D eigenvalue weighted by Crippen LogP contribution is 2.21. The molecular formula is C11H17F3N2S. The lowest BCUT2D eigenvalue weighted by molar-refractivity contribution is -0.135. The third-order valence-corrected chi connectivity index (χ3v) is 3.41. The molecule has 0 saturated carbocycles. The van der Waals surface area contributed by atoms with Gasteiger partial charge in [0.1, 0.15) is 0 Å². The molecule has 0 aliphatic heterocycles. The zero-order valence-electron chi connectivity index (χ0n) is 9.81. The predicted molar refractivity (Wildman–Crippen MR) is 63.1 cm³/mol. The van der Waals surface area contributed by atoms with Crippen molar-refractivity contribution in [3.05, 3.63) is 16.1 Å². The molecule has 0 atom stereocenters. The molecule has 0 unspecified atom stereocenters. The van der Waals surface area contributed by atoms with Crippen LogP contribution in [0, 0.1) is 0 Å². The summed E-state index contributed by atoms with van der Waals surface area (Å²) in [4.78, 5) is 5.35. The summed E-state index contributed by atoms with van der Waals surface area (Å²) in [6.07, 6.45) is -1.20. The lowest BCUT2D eigenvalue weighted by Crippen LogP contribution is -2.15. The Kier molecular flexibility index (Phi) is 5.91. The summed E-state index contributed by atoms with van der Waals surface area (Å²) in [7, 11) is 0. The molecule has 0 radical (unpaired) electrons. The summed E-state index contributed by atoms with van der Waals surface area (Å²) in [5.41, 5.74) is 0.